The van der Waals surface area contributed by atoms with Crippen molar-refractivity contribution < 1.29 is 14.3 Å². The van der Waals surface area contributed by atoms with Gasteiger partial charge in [-0.25, -0.2) is 0 Å². The smallest absolute Gasteiger partial charge is 0.159 e. The Kier molecular flexibility index (Phi) is 6.12. The van der Waals surface area contributed by atoms with Crippen LogP contribution >= 0.6 is 0 Å². The molecule has 0 spiro atoms. The lowest BCUT2D eigenvalue weighted by Gasteiger charge is -2.06. The van der Waals surface area contributed by atoms with Crippen molar-refractivity contribution in [3.8, 4) is 5.75 Å². The van der Waals surface area contributed by atoms with Crippen molar-refractivity contribution in [3.63, 3.8) is 0 Å². The maximum atomic E-state index is 11.2. The number of carbonyl (C=O) groups excluding carboxylic acids is 2. The van der Waals surface area contributed by atoms with Gasteiger partial charge in [-0.15, -0.1) is 0 Å². The highest BCUT2D eigenvalue weighted by molar-refractivity contribution is 5.94. The van der Waals surface area contributed by atoms with Crippen LogP contribution in [0, 0.1) is 0 Å². The van der Waals surface area contributed by atoms with Crippen LogP contribution in [0.2, 0.25) is 0 Å². The molecule has 3 heteroatoms. The van der Waals surface area contributed by atoms with Crippen LogP contribution in [0.5, 0.6) is 5.75 Å². The minimum atomic E-state index is 0.0434. The molecule has 18 heavy (non-hydrogen) atoms. The van der Waals surface area contributed by atoms with Crippen molar-refractivity contribution in [1.82, 2.24) is 0 Å². The number of unbranched alkanes of at least 4 members (excludes halogenated alkanes) is 2. The largest absolute Gasteiger partial charge is 0.494 e. The molecule has 1 aromatic carbocycles. The Morgan fingerprint density at radius 2 is 1.89 bits per heavy atom. The standard InChI is InChI=1S/C15H20O3/c1-12(16)7-4-3-5-10-18-15-9-6-8-14(11-15)13(2)17/h6,8-9,11H,3-5,7,10H2,1-2H3. The molecule has 98 valence electrons. The van der Waals surface area contributed by atoms with E-state index in [4.69, 9.17) is 4.74 Å². The van der Waals surface area contributed by atoms with Crippen LogP contribution in [0.3, 0.4) is 0 Å². The van der Waals surface area contributed by atoms with Gasteiger partial charge in [0.1, 0.15) is 11.5 Å². The normalized spacial score (nSPS) is 10.1. The van der Waals surface area contributed by atoms with Crippen LogP contribution < -0.4 is 4.74 Å². The molecule has 0 heterocycles. The van der Waals surface area contributed by atoms with E-state index in [9.17, 15) is 9.59 Å². The minimum absolute atomic E-state index is 0.0434. The Bertz CT molecular complexity index is 410. The number of ether oxygens (including phenoxy) is 1. The number of hydrogen-bond acceptors (Lipinski definition) is 3. The van der Waals surface area contributed by atoms with E-state index in [0.717, 1.165) is 25.0 Å². The predicted molar refractivity (Wildman–Crippen MR) is 71.1 cm³/mol. The molecule has 0 aliphatic heterocycles. The topological polar surface area (TPSA) is 43.4 Å². The molecule has 0 bridgehead atoms. The zero-order valence-electron chi connectivity index (χ0n) is 11.1. The molecule has 0 aliphatic rings. The van der Waals surface area contributed by atoms with Gasteiger partial charge in [0.2, 0.25) is 0 Å². The fourth-order valence-corrected chi connectivity index (χ4v) is 1.65. The van der Waals surface area contributed by atoms with Crippen molar-refractivity contribution in [2.45, 2.75) is 39.5 Å². The van der Waals surface area contributed by atoms with Gasteiger partial charge in [-0.05, 0) is 45.2 Å². The summed E-state index contributed by atoms with van der Waals surface area (Å²) in [5.74, 6) is 1.02. The third-order valence-electron chi connectivity index (χ3n) is 2.68. The quantitative estimate of drug-likeness (QED) is 0.523. The third-order valence-corrected chi connectivity index (χ3v) is 2.68. The minimum Gasteiger partial charge on any atom is -0.494 e. The van der Waals surface area contributed by atoms with E-state index in [-0.39, 0.29) is 11.6 Å². The van der Waals surface area contributed by atoms with Crippen molar-refractivity contribution >= 4 is 11.6 Å². The predicted octanol–water partition coefficient (Wildman–Crippen LogP) is 3.42. The van der Waals surface area contributed by atoms with Gasteiger partial charge in [0.05, 0.1) is 6.61 Å². The van der Waals surface area contributed by atoms with Crippen LogP contribution in [0.25, 0.3) is 0 Å². The van der Waals surface area contributed by atoms with Crippen LogP contribution in [0.1, 0.15) is 49.9 Å². The Morgan fingerprint density at radius 1 is 1.11 bits per heavy atom. The van der Waals surface area contributed by atoms with Crippen LogP contribution in [-0.2, 0) is 4.79 Å². The first-order valence-electron chi connectivity index (χ1n) is 6.33. The maximum Gasteiger partial charge on any atom is 0.159 e. The molecular formula is C15H20O3. The molecule has 0 N–H and O–H groups in total. The molecule has 1 aromatic rings. The molecular weight excluding hydrogens is 228 g/mol. The number of Topliss-reactive ketones (excluding diaryl/α,β-unsaturated/α-hetero) is 2. The van der Waals surface area contributed by atoms with E-state index in [0.29, 0.717) is 18.6 Å². The van der Waals surface area contributed by atoms with Crippen molar-refractivity contribution in [2.24, 2.45) is 0 Å². The second kappa shape index (κ2) is 7.64. The molecule has 0 amide bonds. The highest BCUT2D eigenvalue weighted by Gasteiger charge is 2.01. The van der Waals surface area contributed by atoms with Gasteiger partial charge >= 0.3 is 0 Å². The Balaban J connectivity index is 2.25. The summed E-state index contributed by atoms with van der Waals surface area (Å²) in [6.07, 6.45) is 3.50. The molecule has 0 aromatic heterocycles. The Hall–Kier alpha value is -1.64. The first kappa shape index (κ1) is 14.4. The average Bonchev–Trinajstić information content (AvgIpc) is 2.33. The summed E-state index contributed by atoms with van der Waals surface area (Å²) in [7, 11) is 0. The van der Waals surface area contributed by atoms with Gasteiger partial charge < -0.3 is 9.53 Å². The first-order valence-corrected chi connectivity index (χ1v) is 6.33. The molecule has 0 unspecified atom stereocenters. The van der Waals surface area contributed by atoms with E-state index < -0.39 is 0 Å². The summed E-state index contributed by atoms with van der Waals surface area (Å²) in [6, 6.07) is 7.21. The SMILES string of the molecule is CC(=O)CCCCCOc1cccc(C(C)=O)c1. The summed E-state index contributed by atoms with van der Waals surface area (Å²) >= 11 is 0. The highest BCUT2D eigenvalue weighted by Crippen LogP contribution is 2.14. The number of ketones is 2. The van der Waals surface area contributed by atoms with Crippen molar-refractivity contribution in [1.29, 1.82) is 0 Å². The van der Waals surface area contributed by atoms with Crippen molar-refractivity contribution in [2.75, 3.05) is 6.61 Å². The second-order valence-electron chi connectivity index (χ2n) is 4.45. The third kappa shape index (κ3) is 5.62. The maximum absolute atomic E-state index is 11.2. The molecule has 3 nitrogen and oxygen atoms in total. The van der Waals surface area contributed by atoms with Gasteiger partial charge in [0.15, 0.2) is 5.78 Å². The number of carbonyl (C=O) groups is 2. The lowest BCUT2D eigenvalue weighted by molar-refractivity contribution is -0.117. The van der Waals surface area contributed by atoms with E-state index in [1.165, 1.54) is 0 Å². The monoisotopic (exact) mass is 248 g/mol. The summed E-state index contributed by atoms with van der Waals surface area (Å²) < 4.78 is 5.57. The summed E-state index contributed by atoms with van der Waals surface area (Å²) in [5.41, 5.74) is 0.670. The fourth-order valence-electron chi connectivity index (χ4n) is 1.65. The molecule has 0 saturated carbocycles. The van der Waals surface area contributed by atoms with Crippen LogP contribution in [0.4, 0.5) is 0 Å². The Morgan fingerprint density at radius 3 is 2.56 bits per heavy atom. The molecule has 0 aliphatic carbocycles. The lowest BCUT2D eigenvalue weighted by atomic mass is 10.1. The second-order valence-corrected chi connectivity index (χ2v) is 4.45. The number of rotatable bonds is 8. The molecule has 0 atom stereocenters. The fraction of sp³-hybridized carbons (Fsp3) is 0.467. The first-order chi connectivity index (χ1) is 8.59. The molecule has 0 radical (unpaired) electrons. The van der Waals surface area contributed by atoms with Gasteiger partial charge in [-0.1, -0.05) is 12.1 Å². The van der Waals surface area contributed by atoms with Gasteiger partial charge in [-0.3, -0.25) is 4.79 Å². The van der Waals surface area contributed by atoms with E-state index in [1.807, 2.05) is 12.1 Å². The van der Waals surface area contributed by atoms with Gasteiger partial charge in [0.25, 0.3) is 0 Å². The molecule has 0 fully saturated rings. The van der Waals surface area contributed by atoms with Gasteiger partial charge in [-0.2, -0.15) is 0 Å². The zero-order chi connectivity index (χ0) is 13.4. The molecule has 0 saturated heterocycles. The van der Waals surface area contributed by atoms with Crippen LogP contribution in [-0.4, -0.2) is 18.2 Å². The number of benzene rings is 1. The zero-order valence-corrected chi connectivity index (χ0v) is 11.1. The Labute approximate surface area is 108 Å². The lowest BCUT2D eigenvalue weighted by Crippen LogP contribution is -1.99. The van der Waals surface area contributed by atoms with E-state index in [2.05, 4.69) is 0 Å². The number of hydrogen-bond donors (Lipinski definition) is 0. The van der Waals surface area contributed by atoms with Gasteiger partial charge in [0, 0.05) is 12.0 Å². The van der Waals surface area contributed by atoms with Crippen LogP contribution in [0.15, 0.2) is 24.3 Å². The summed E-state index contributed by atoms with van der Waals surface area (Å²) in [5, 5.41) is 0. The van der Waals surface area contributed by atoms with E-state index >= 15 is 0 Å². The summed E-state index contributed by atoms with van der Waals surface area (Å²) in [6.45, 7) is 3.78. The molecule has 1 rings (SSSR count). The summed E-state index contributed by atoms with van der Waals surface area (Å²) in [4.78, 5) is 21.9. The van der Waals surface area contributed by atoms with E-state index in [1.54, 1.807) is 26.0 Å². The highest BCUT2D eigenvalue weighted by atomic mass is 16.5. The van der Waals surface area contributed by atoms with Crippen molar-refractivity contribution in [3.05, 3.63) is 29.8 Å². The average molecular weight is 248 g/mol.